The summed E-state index contributed by atoms with van der Waals surface area (Å²) in [5, 5.41) is 6.02. The van der Waals surface area contributed by atoms with Crippen LogP contribution >= 0.6 is 0 Å². The van der Waals surface area contributed by atoms with Crippen LogP contribution in [0.25, 0.3) is 0 Å². The highest BCUT2D eigenvalue weighted by Crippen LogP contribution is 2.60. The van der Waals surface area contributed by atoms with E-state index in [1.807, 2.05) is 0 Å². The average Bonchev–Trinajstić information content (AvgIpc) is 2.39. The van der Waals surface area contributed by atoms with Crippen molar-refractivity contribution < 1.29 is 9.59 Å². The van der Waals surface area contributed by atoms with E-state index in [1.165, 1.54) is 19.3 Å². The fraction of sp³-hybridized carbons (Fsp3) is 0.895. The van der Waals surface area contributed by atoms with Crippen molar-refractivity contribution in [3.8, 4) is 0 Å². The number of hydrogen-bond acceptors (Lipinski definition) is 2. The van der Waals surface area contributed by atoms with Crippen LogP contribution in [0.1, 0.15) is 65.7 Å². The second-order valence-corrected chi connectivity index (χ2v) is 9.54. The Kier molecular flexibility index (Phi) is 4.45. The molecule has 0 unspecified atom stereocenters. The third kappa shape index (κ3) is 3.89. The van der Waals surface area contributed by atoms with Gasteiger partial charge in [0.05, 0.1) is 0 Å². The molecule has 2 N–H and O–H groups in total. The molecule has 4 aliphatic rings. The van der Waals surface area contributed by atoms with Gasteiger partial charge in [-0.2, -0.15) is 0 Å². The maximum atomic E-state index is 12.7. The van der Waals surface area contributed by atoms with E-state index in [0.717, 1.165) is 37.0 Å². The number of carbonyl (C=O) groups excluding carboxylic acids is 2. The average molecular weight is 320 g/mol. The number of nitrogens with one attached hydrogen (secondary N) is 2. The van der Waals surface area contributed by atoms with Crippen molar-refractivity contribution in [2.45, 2.75) is 65.7 Å². The lowest BCUT2D eigenvalue weighted by Crippen LogP contribution is -2.54. The molecule has 4 rings (SSSR count). The predicted octanol–water partition coefficient (Wildman–Crippen LogP) is 2.87. The Hall–Kier alpha value is -1.06. The lowest BCUT2D eigenvalue weighted by atomic mass is 9.49. The van der Waals surface area contributed by atoms with Crippen molar-refractivity contribution in [3.05, 3.63) is 0 Å². The lowest BCUT2D eigenvalue weighted by Gasteiger charge is -2.55. The molecule has 23 heavy (non-hydrogen) atoms. The minimum atomic E-state index is -0.0792. The molecule has 4 heteroatoms. The Morgan fingerprint density at radius 1 is 0.913 bits per heavy atom. The fourth-order valence-corrected chi connectivity index (χ4v) is 5.50. The highest BCUT2D eigenvalue weighted by molar-refractivity contribution is 5.83. The smallest absolute Gasteiger partial charge is 0.226 e. The van der Waals surface area contributed by atoms with Gasteiger partial charge in [0.2, 0.25) is 11.8 Å². The zero-order valence-electron chi connectivity index (χ0n) is 14.9. The fourth-order valence-electron chi connectivity index (χ4n) is 5.50. The number of hydrogen-bond donors (Lipinski definition) is 2. The summed E-state index contributed by atoms with van der Waals surface area (Å²) < 4.78 is 0. The first-order valence-electron chi connectivity index (χ1n) is 9.31. The van der Waals surface area contributed by atoms with Crippen molar-refractivity contribution in [1.82, 2.24) is 10.6 Å². The van der Waals surface area contributed by atoms with Crippen LogP contribution in [0.3, 0.4) is 0 Å². The predicted molar refractivity (Wildman–Crippen MR) is 90.7 cm³/mol. The molecule has 0 radical (unpaired) electrons. The van der Waals surface area contributed by atoms with Crippen LogP contribution in [0.5, 0.6) is 0 Å². The largest absolute Gasteiger partial charge is 0.354 e. The zero-order valence-corrected chi connectivity index (χ0v) is 14.9. The first-order chi connectivity index (χ1) is 10.8. The van der Waals surface area contributed by atoms with Crippen LogP contribution in [-0.4, -0.2) is 24.9 Å². The number of carbonyl (C=O) groups is 2. The molecule has 4 fully saturated rings. The summed E-state index contributed by atoms with van der Waals surface area (Å²) in [7, 11) is 0. The first-order valence-corrected chi connectivity index (χ1v) is 9.31. The van der Waals surface area contributed by atoms with E-state index >= 15 is 0 Å². The van der Waals surface area contributed by atoms with Crippen molar-refractivity contribution in [2.24, 2.45) is 28.6 Å². The van der Waals surface area contributed by atoms with Gasteiger partial charge in [-0.3, -0.25) is 9.59 Å². The van der Waals surface area contributed by atoms with Gasteiger partial charge in [-0.05, 0) is 61.7 Å². The summed E-state index contributed by atoms with van der Waals surface area (Å²) in [5.41, 5.74) is -0.0727. The Morgan fingerprint density at radius 3 is 1.87 bits per heavy atom. The van der Waals surface area contributed by atoms with Gasteiger partial charge in [0, 0.05) is 24.9 Å². The van der Waals surface area contributed by atoms with E-state index in [1.54, 1.807) is 0 Å². The molecule has 0 aliphatic heterocycles. The van der Waals surface area contributed by atoms with Gasteiger partial charge in [0.15, 0.2) is 0 Å². The van der Waals surface area contributed by atoms with Crippen LogP contribution in [0.15, 0.2) is 0 Å². The van der Waals surface area contributed by atoms with E-state index < -0.39 is 0 Å². The monoisotopic (exact) mass is 320 g/mol. The van der Waals surface area contributed by atoms with E-state index in [9.17, 15) is 9.59 Å². The van der Waals surface area contributed by atoms with Crippen LogP contribution < -0.4 is 10.6 Å². The maximum absolute atomic E-state index is 12.7. The Balaban J connectivity index is 1.43. The molecule has 2 amide bonds. The second kappa shape index (κ2) is 6.10. The number of amides is 2. The highest BCUT2D eigenvalue weighted by Gasteiger charge is 2.54. The van der Waals surface area contributed by atoms with Gasteiger partial charge in [-0.15, -0.1) is 0 Å². The van der Waals surface area contributed by atoms with Crippen molar-refractivity contribution >= 4 is 11.8 Å². The van der Waals surface area contributed by atoms with Crippen LogP contribution in [0, 0.1) is 28.6 Å². The lowest BCUT2D eigenvalue weighted by molar-refractivity contribution is -0.146. The third-order valence-electron chi connectivity index (χ3n) is 5.94. The molecular formula is C19H32N2O2. The SMILES string of the molecule is CC(C)(C)CC(=O)NCCNC(=O)C12CC3CC(CC(C3)C1)C2. The molecule has 4 aliphatic carbocycles. The van der Waals surface area contributed by atoms with Crippen molar-refractivity contribution in [2.75, 3.05) is 13.1 Å². The van der Waals surface area contributed by atoms with Gasteiger partial charge in [0.25, 0.3) is 0 Å². The van der Waals surface area contributed by atoms with Gasteiger partial charge < -0.3 is 10.6 Å². The summed E-state index contributed by atoms with van der Waals surface area (Å²) in [6.45, 7) is 7.26. The Bertz CT molecular complexity index is 443. The molecule has 0 spiro atoms. The second-order valence-electron chi connectivity index (χ2n) is 9.54. The van der Waals surface area contributed by atoms with Crippen LogP contribution in [-0.2, 0) is 9.59 Å². The molecule has 0 atom stereocenters. The van der Waals surface area contributed by atoms with Crippen molar-refractivity contribution in [3.63, 3.8) is 0 Å². The molecule has 0 heterocycles. The van der Waals surface area contributed by atoms with Gasteiger partial charge in [0.1, 0.15) is 0 Å². The van der Waals surface area contributed by atoms with E-state index in [4.69, 9.17) is 0 Å². The quantitative estimate of drug-likeness (QED) is 0.765. The van der Waals surface area contributed by atoms with E-state index in [2.05, 4.69) is 31.4 Å². The normalized spacial score (nSPS) is 35.2. The summed E-state index contributed by atoms with van der Waals surface area (Å²) in [4.78, 5) is 24.5. The first kappa shape index (κ1) is 16.8. The van der Waals surface area contributed by atoms with E-state index in [-0.39, 0.29) is 22.6 Å². The van der Waals surface area contributed by atoms with Gasteiger partial charge in [-0.1, -0.05) is 20.8 Å². The summed E-state index contributed by atoms with van der Waals surface area (Å²) in [5.74, 6) is 2.69. The minimum absolute atomic E-state index is 0.00648. The molecule has 4 bridgehead atoms. The topological polar surface area (TPSA) is 58.2 Å². The highest BCUT2D eigenvalue weighted by atomic mass is 16.2. The molecule has 4 saturated carbocycles. The molecule has 130 valence electrons. The molecule has 0 aromatic heterocycles. The molecule has 0 aromatic rings. The van der Waals surface area contributed by atoms with Crippen LogP contribution in [0.4, 0.5) is 0 Å². The van der Waals surface area contributed by atoms with Crippen LogP contribution in [0.2, 0.25) is 0 Å². The summed E-state index contributed by atoms with van der Waals surface area (Å²) in [6, 6.07) is 0. The Labute approximate surface area is 140 Å². The minimum Gasteiger partial charge on any atom is -0.354 e. The molecule has 0 saturated heterocycles. The molecule has 0 aromatic carbocycles. The Morgan fingerprint density at radius 2 is 1.39 bits per heavy atom. The summed E-state index contributed by atoms with van der Waals surface area (Å²) in [6.07, 6.45) is 7.89. The van der Waals surface area contributed by atoms with Crippen molar-refractivity contribution in [1.29, 1.82) is 0 Å². The summed E-state index contributed by atoms with van der Waals surface area (Å²) >= 11 is 0. The number of rotatable bonds is 5. The standard InChI is InChI=1S/C19H32N2O2/c1-18(2,3)12-16(22)20-4-5-21-17(23)19-9-13-6-14(10-19)8-15(7-13)11-19/h13-15H,4-12H2,1-3H3,(H,20,22)(H,21,23). The van der Waals surface area contributed by atoms with Gasteiger partial charge in [-0.25, -0.2) is 0 Å². The van der Waals surface area contributed by atoms with Gasteiger partial charge >= 0.3 is 0 Å². The van der Waals surface area contributed by atoms with E-state index in [0.29, 0.717) is 19.5 Å². The maximum Gasteiger partial charge on any atom is 0.226 e. The molecule has 4 nitrogen and oxygen atoms in total. The molecular weight excluding hydrogens is 288 g/mol. The third-order valence-corrected chi connectivity index (χ3v) is 5.94. The zero-order chi connectivity index (χ0) is 16.7.